The maximum absolute atomic E-state index is 14.0. The summed E-state index contributed by atoms with van der Waals surface area (Å²) in [5, 5.41) is 0.0944. The molecule has 4 aromatic rings. The first-order chi connectivity index (χ1) is 18.4. The van der Waals surface area contributed by atoms with Gasteiger partial charge < -0.3 is 0 Å². The largest absolute Gasteiger partial charge is 0.279 e. The number of nitrogens with zero attached hydrogens (tertiary/aromatic N) is 3. The van der Waals surface area contributed by atoms with E-state index in [0.29, 0.717) is 3.97 Å². The van der Waals surface area contributed by atoms with Gasteiger partial charge >= 0.3 is 0 Å². The van der Waals surface area contributed by atoms with Crippen molar-refractivity contribution < 1.29 is 34.0 Å². The first-order valence-corrected chi connectivity index (χ1v) is 16.4. The highest BCUT2D eigenvalue weighted by Crippen LogP contribution is 2.35. The van der Waals surface area contributed by atoms with Gasteiger partial charge in [-0.1, -0.05) is 18.2 Å². The molecule has 1 saturated heterocycles. The highest BCUT2D eigenvalue weighted by atomic mass is 32.2. The van der Waals surface area contributed by atoms with Crippen LogP contribution in [-0.2, 0) is 29.9 Å². The molecule has 206 valence electrons. The van der Waals surface area contributed by atoms with E-state index < -0.39 is 48.0 Å². The molecule has 1 aliphatic rings. The fraction of sp³-hybridized carbons (Fsp3) is 0.250. The van der Waals surface area contributed by atoms with Gasteiger partial charge in [0, 0.05) is 29.4 Å². The van der Waals surface area contributed by atoms with E-state index in [1.54, 1.807) is 6.07 Å². The summed E-state index contributed by atoms with van der Waals surface area (Å²) in [5.41, 5.74) is -0.510. The van der Waals surface area contributed by atoms with E-state index in [2.05, 4.69) is 14.7 Å². The van der Waals surface area contributed by atoms with Crippen molar-refractivity contribution >= 4 is 40.9 Å². The van der Waals surface area contributed by atoms with Crippen LogP contribution in [0.2, 0.25) is 0 Å². The number of pyridine rings is 2. The van der Waals surface area contributed by atoms with E-state index in [-0.39, 0.29) is 56.4 Å². The molecule has 1 fully saturated rings. The van der Waals surface area contributed by atoms with Crippen molar-refractivity contribution in [1.82, 2.24) is 18.7 Å². The van der Waals surface area contributed by atoms with Gasteiger partial charge in [-0.2, -0.15) is 0 Å². The maximum Gasteiger partial charge on any atom is 0.279 e. The molecule has 10 nitrogen and oxygen atoms in total. The molecule has 4 heterocycles. The number of hydrogen-bond acceptors (Lipinski definition) is 8. The second-order valence-electron chi connectivity index (χ2n) is 8.97. The molecule has 5 rings (SSSR count). The van der Waals surface area contributed by atoms with Crippen molar-refractivity contribution in [3.05, 3.63) is 72.7 Å². The third-order valence-corrected chi connectivity index (χ3v) is 11.3. The normalized spacial score (nSPS) is 16.6. The van der Waals surface area contributed by atoms with Gasteiger partial charge in [0.05, 0.1) is 22.1 Å². The lowest BCUT2D eigenvalue weighted by Crippen LogP contribution is -2.40. The minimum absolute atomic E-state index is 0.0944. The molecular weight excluding hydrogens is 574 g/mol. The van der Waals surface area contributed by atoms with Crippen molar-refractivity contribution in [3.8, 4) is 11.3 Å². The number of fused-ring (bicyclic) bond motifs is 1. The molecule has 1 aromatic carbocycles. The Hall–Kier alpha value is -3.27. The third-order valence-electron chi connectivity index (χ3n) is 6.39. The molecule has 0 saturated carbocycles. The van der Waals surface area contributed by atoms with Gasteiger partial charge in [0.1, 0.15) is 20.4 Å². The van der Waals surface area contributed by atoms with Crippen LogP contribution in [0.3, 0.4) is 0 Å². The first kappa shape index (κ1) is 27.3. The Labute approximate surface area is 223 Å². The predicted octanol–water partition coefficient (Wildman–Crippen LogP) is 3.13. The molecule has 0 unspecified atom stereocenters. The average molecular weight is 597 g/mol. The van der Waals surface area contributed by atoms with Crippen molar-refractivity contribution in [2.24, 2.45) is 0 Å². The highest BCUT2D eigenvalue weighted by molar-refractivity contribution is 7.91. The van der Waals surface area contributed by atoms with Crippen LogP contribution >= 0.6 is 0 Å². The van der Waals surface area contributed by atoms with Crippen molar-refractivity contribution in [2.45, 2.75) is 35.1 Å². The van der Waals surface area contributed by atoms with Crippen LogP contribution < -0.4 is 4.72 Å². The molecule has 1 aliphatic heterocycles. The van der Waals surface area contributed by atoms with Crippen molar-refractivity contribution in [2.75, 3.05) is 11.5 Å². The molecule has 3 aromatic heterocycles. The van der Waals surface area contributed by atoms with Crippen LogP contribution in [0.25, 0.3) is 22.3 Å². The number of rotatable bonds is 7. The van der Waals surface area contributed by atoms with Crippen LogP contribution in [0, 0.1) is 0 Å². The molecule has 0 radical (unpaired) electrons. The summed E-state index contributed by atoms with van der Waals surface area (Å²) in [5.74, 6) is -0.203. The van der Waals surface area contributed by atoms with Gasteiger partial charge in [0.2, 0.25) is 10.0 Å². The molecule has 0 atom stereocenters. The van der Waals surface area contributed by atoms with Crippen LogP contribution in [0.15, 0.2) is 76.8 Å². The maximum atomic E-state index is 14.0. The monoisotopic (exact) mass is 596 g/mol. The van der Waals surface area contributed by atoms with Gasteiger partial charge in [0.25, 0.3) is 16.4 Å². The van der Waals surface area contributed by atoms with Gasteiger partial charge in [-0.15, -0.1) is 0 Å². The zero-order chi connectivity index (χ0) is 28.0. The van der Waals surface area contributed by atoms with Crippen LogP contribution in [0.4, 0.5) is 8.78 Å². The number of halogens is 2. The van der Waals surface area contributed by atoms with E-state index in [0.717, 1.165) is 12.3 Å². The Balaban J connectivity index is 1.52. The summed E-state index contributed by atoms with van der Waals surface area (Å²) in [4.78, 5) is 7.91. The zero-order valence-electron chi connectivity index (χ0n) is 20.1. The Morgan fingerprint density at radius 3 is 2.23 bits per heavy atom. The first-order valence-electron chi connectivity index (χ1n) is 11.7. The number of aromatic nitrogens is 3. The quantitative estimate of drug-likeness (QED) is 0.343. The summed E-state index contributed by atoms with van der Waals surface area (Å²) in [6.45, 7) is 0. The second-order valence-corrected chi connectivity index (χ2v) is 14.8. The average Bonchev–Trinajstić information content (AvgIpc) is 3.32. The Morgan fingerprint density at radius 1 is 0.923 bits per heavy atom. The lowest BCUT2D eigenvalue weighted by molar-refractivity contribution is 0.145. The van der Waals surface area contributed by atoms with Gasteiger partial charge in [-0.3, -0.25) is 4.98 Å². The summed E-state index contributed by atoms with van der Waals surface area (Å²) in [6.07, 6.45) is -0.453. The minimum atomic E-state index is -4.42. The smallest absolute Gasteiger partial charge is 0.255 e. The molecule has 0 amide bonds. The fourth-order valence-corrected chi connectivity index (χ4v) is 8.65. The van der Waals surface area contributed by atoms with Gasteiger partial charge in [0.15, 0.2) is 5.65 Å². The number of sulfonamides is 1. The lowest BCUT2D eigenvalue weighted by Gasteiger charge is -2.22. The van der Waals surface area contributed by atoms with Crippen molar-refractivity contribution in [3.63, 3.8) is 0 Å². The highest BCUT2D eigenvalue weighted by Gasteiger charge is 2.30. The van der Waals surface area contributed by atoms with E-state index in [1.165, 1.54) is 48.7 Å². The molecule has 0 bridgehead atoms. The fourth-order valence-electron chi connectivity index (χ4n) is 4.41. The van der Waals surface area contributed by atoms with E-state index >= 15 is 0 Å². The molecule has 0 aliphatic carbocycles. The standard InChI is InChI=1S/C24H22F2N4O6S3/c25-23(26)22-14-20-19(8-11-27-24(20)30(22)39(35,36)17-4-2-1-3-5-17)21-7-6-18(15-28-21)38(33,34)29-16-9-12-37(31,32)13-10-16/h1-8,11,14-16,23,29H,9-10,12-13H2. The molecule has 0 spiro atoms. The topological polar surface area (TPSA) is 145 Å². The van der Waals surface area contributed by atoms with E-state index in [1.807, 2.05) is 0 Å². The van der Waals surface area contributed by atoms with Crippen LogP contribution in [0.1, 0.15) is 25.0 Å². The molecular formula is C24H22F2N4O6S3. The molecule has 15 heteroatoms. The Morgan fingerprint density at radius 2 is 1.62 bits per heavy atom. The van der Waals surface area contributed by atoms with Gasteiger partial charge in [-0.05, 0) is 49.2 Å². The summed E-state index contributed by atoms with van der Waals surface area (Å²) in [6, 6.07) is 11.8. The lowest BCUT2D eigenvalue weighted by atomic mass is 10.1. The summed E-state index contributed by atoms with van der Waals surface area (Å²) >= 11 is 0. The summed E-state index contributed by atoms with van der Waals surface area (Å²) < 4.78 is 107. The third kappa shape index (κ3) is 5.31. The minimum Gasteiger partial charge on any atom is -0.255 e. The Kier molecular flexibility index (Phi) is 7.03. The number of hydrogen-bond donors (Lipinski definition) is 1. The van der Waals surface area contributed by atoms with Crippen LogP contribution in [0.5, 0.6) is 0 Å². The zero-order valence-corrected chi connectivity index (χ0v) is 22.6. The SMILES string of the molecule is O=S1(=O)CCC(NS(=O)(=O)c2ccc(-c3ccnc4c3cc(C(F)F)n4S(=O)(=O)c3ccccc3)nc2)CC1. The van der Waals surface area contributed by atoms with E-state index in [4.69, 9.17) is 0 Å². The molecule has 39 heavy (non-hydrogen) atoms. The van der Waals surface area contributed by atoms with Crippen LogP contribution in [-0.4, -0.2) is 56.7 Å². The van der Waals surface area contributed by atoms with Gasteiger partial charge in [-0.25, -0.2) is 47.7 Å². The number of nitrogens with one attached hydrogen (secondary N) is 1. The van der Waals surface area contributed by atoms with Crippen molar-refractivity contribution in [1.29, 1.82) is 0 Å². The number of benzene rings is 1. The summed E-state index contributed by atoms with van der Waals surface area (Å²) in [7, 11) is -11.6. The number of sulfone groups is 1. The molecule has 1 N–H and O–H groups in total. The Bertz CT molecular complexity index is 1850. The number of alkyl halides is 2. The predicted molar refractivity (Wildman–Crippen MR) is 139 cm³/mol. The van der Waals surface area contributed by atoms with E-state index in [9.17, 15) is 34.0 Å². The second kappa shape index (κ2) is 10.0.